The van der Waals surface area contributed by atoms with Gasteiger partial charge in [0.1, 0.15) is 11.2 Å². The van der Waals surface area contributed by atoms with Crippen molar-refractivity contribution in [3.05, 3.63) is 46.0 Å². The highest BCUT2D eigenvalue weighted by Crippen LogP contribution is 2.35. The van der Waals surface area contributed by atoms with E-state index >= 15 is 0 Å². The van der Waals surface area contributed by atoms with Crippen LogP contribution in [0.1, 0.15) is 67.3 Å². The van der Waals surface area contributed by atoms with Crippen LogP contribution in [0, 0.1) is 6.92 Å². The van der Waals surface area contributed by atoms with Crippen LogP contribution in [0.2, 0.25) is 0 Å². The van der Waals surface area contributed by atoms with E-state index in [1.807, 2.05) is 13.0 Å². The average molecular weight is 383 g/mol. The summed E-state index contributed by atoms with van der Waals surface area (Å²) in [6.07, 6.45) is 12.8. The highest BCUT2D eigenvalue weighted by atomic mass is 16.2. The Balaban J connectivity index is 1.55. The molecule has 2 aromatic rings. The van der Waals surface area contributed by atoms with Crippen molar-refractivity contribution >= 4 is 11.6 Å². The molecular weight excluding hydrogens is 352 g/mol. The first-order valence-electron chi connectivity index (χ1n) is 10.6. The van der Waals surface area contributed by atoms with E-state index in [1.54, 1.807) is 12.3 Å². The van der Waals surface area contributed by atoms with Gasteiger partial charge in [0, 0.05) is 24.5 Å². The Kier molecular flexibility index (Phi) is 5.49. The van der Waals surface area contributed by atoms with Gasteiger partial charge in [-0.2, -0.15) is 0 Å². The number of piperidine rings is 1. The Morgan fingerprint density at radius 3 is 2.61 bits per heavy atom. The summed E-state index contributed by atoms with van der Waals surface area (Å²) in [6.45, 7) is 4.76. The second-order valence-corrected chi connectivity index (χ2v) is 8.38. The molecule has 150 valence electrons. The van der Waals surface area contributed by atoms with E-state index in [4.69, 9.17) is 0 Å². The van der Waals surface area contributed by atoms with Crippen molar-refractivity contribution in [1.29, 1.82) is 0 Å². The van der Waals surface area contributed by atoms with Gasteiger partial charge in [0.25, 0.3) is 11.5 Å². The summed E-state index contributed by atoms with van der Waals surface area (Å²) in [6, 6.07) is 3.72. The van der Waals surface area contributed by atoms with Gasteiger partial charge in [0.05, 0.1) is 0 Å². The maximum atomic E-state index is 12.9. The molecule has 1 N–H and O–H groups in total. The van der Waals surface area contributed by atoms with Crippen molar-refractivity contribution < 1.29 is 4.79 Å². The van der Waals surface area contributed by atoms with Gasteiger partial charge in [-0.3, -0.25) is 18.9 Å². The molecule has 2 aliphatic rings. The zero-order chi connectivity index (χ0) is 19.6. The summed E-state index contributed by atoms with van der Waals surface area (Å²) < 4.78 is 1.46. The number of nitrogens with zero attached hydrogens (tertiary/aromatic N) is 3. The minimum atomic E-state index is -0.310. The Morgan fingerprint density at radius 1 is 1.14 bits per heavy atom. The minimum absolute atomic E-state index is 0.0470. The van der Waals surface area contributed by atoms with Gasteiger partial charge in [0.15, 0.2) is 0 Å². The third-order valence-corrected chi connectivity index (χ3v) is 6.56. The lowest BCUT2D eigenvalue weighted by atomic mass is 9.79. The summed E-state index contributed by atoms with van der Waals surface area (Å²) >= 11 is 0. The quantitative estimate of drug-likeness (QED) is 0.883. The van der Waals surface area contributed by atoms with Crippen molar-refractivity contribution in [2.45, 2.75) is 63.8 Å². The molecule has 28 heavy (non-hydrogen) atoms. The minimum Gasteiger partial charge on any atom is -0.350 e. The molecule has 1 saturated heterocycles. The van der Waals surface area contributed by atoms with E-state index in [9.17, 15) is 9.59 Å². The van der Waals surface area contributed by atoms with E-state index in [2.05, 4.69) is 15.2 Å². The van der Waals surface area contributed by atoms with Crippen LogP contribution >= 0.6 is 0 Å². The summed E-state index contributed by atoms with van der Waals surface area (Å²) in [5.74, 6) is -0.310. The number of likely N-dealkylation sites (tertiary alicyclic amines) is 1. The van der Waals surface area contributed by atoms with Gasteiger partial charge < -0.3 is 5.32 Å². The fourth-order valence-electron chi connectivity index (χ4n) is 4.93. The molecule has 2 fully saturated rings. The lowest BCUT2D eigenvalue weighted by Gasteiger charge is -2.48. The molecule has 0 bridgehead atoms. The number of nitrogens with one attached hydrogen (secondary N) is 1. The molecule has 2 aromatic heterocycles. The topological polar surface area (TPSA) is 66.7 Å². The van der Waals surface area contributed by atoms with Gasteiger partial charge in [-0.25, -0.2) is 4.98 Å². The molecule has 6 heteroatoms. The number of hydrogen-bond donors (Lipinski definition) is 1. The highest BCUT2D eigenvalue weighted by Gasteiger charge is 2.38. The summed E-state index contributed by atoms with van der Waals surface area (Å²) in [7, 11) is 0. The number of pyridine rings is 1. The summed E-state index contributed by atoms with van der Waals surface area (Å²) in [5.41, 5.74) is 1.37. The fraction of sp³-hybridized carbons (Fsp3) is 0.591. The number of fused-ring (bicyclic) bond motifs is 1. The fourth-order valence-corrected chi connectivity index (χ4v) is 4.93. The van der Waals surface area contributed by atoms with Crippen molar-refractivity contribution in [3.8, 4) is 0 Å². The standard InChI is InChI=1S/C22H30N4O2/c1-17-9-8-14-26-19(17)23-15-18(21(26)28)20(27)24-16-22(10-4-2-5-11-22)25-12-6-3-7-13-25/h8-9,14-15H,2-7,10-13,16H2,1H3,(H,24,27). The Hall–Kier alpha value is -2.21. The molecule has 4 rings (SSSR count). The van der Waals surface area contributed by atoms with Crippen LogP contribution in [-0.4, -0.2) is 45.4 Å². The maximum absolute atomic E-state index is 12.9. The van der Waals surface area contributed by atoms with E-state index < -0.39 is 0 Å². The average Bonchev–Trinajstić information content (AvgIpc) is 2.74. The number of carbonyl (C=O) groups is 1. The first kappa shape index (κ1) is 19.1. The van der Waals surface area contributed by atoms with Gasteiger partial charge >= 0.3 is 0 Å². The lowest BCUT2D eigenvalue weighted by Crippen LogP contribution is -2.58. The van der Waals surface area contributed by atoms with E-state index in [0.717, 1.165) is 31.5 Å². The smallest absolute Gasteiger partial charge is 0.270 e. The van der Waals surface area contributed by atoms with E-state index in [-0.39, 0.29) is 22.6 Å². The maximum Gasteiger partial charge on any atom is 0.270 e. The predicted molar refractivity (Wildman–Crippen MR) is 110 cm³/mol. The molecule has 1 aliphatic carbocycles. The number of carbonyl (C=O) groups excluding carboxylic acids is 1. The van der Waals surface area contributed by atoms with Crippen LogP contribution in [-0.2, 0) is 0 Å². The molecule has 1 saturated carbocycles. The van der Waals surface area contributed by atoms with Gasteiger partial charge in [-0.15, -0.1) is 0 Å². The Bertz CT molecular complexity index is 908. The molecule has 1 aliphatic heterocycles. The zero-order valence-corrected chi connectivity index (χ0v) is 16.7. The molecule has 0 atom stereocenters. The molecule has 0 unspecified atom stereocenters. The zero-order valence-electron chi connectivity index (χ0n) is 16.7. The third kappa shape index (κ3) is 3.58. The van der Waals surface area contributed by atoms with Crippen molar-refractivity contribution in [2.24, 2.45) is 0 Å². The van der Waals surface area contributed by atoms with Crippen LogP contribution in [0.5, 0.6) is 0 Å². The second-order valence-electron chi connectivity index (χ2n) is 8.38. The summed E-state index contributed by atoms with van der Waals surface area (Å²) in [4.78, 5) is 32.6. The number of rotatable bonds is 4. The summed E-state index contributed by atoms with van der Waals surface area (Å²) in [5, 5.41) is 3.09. The van der Waals surface area contributed by atoms with Gasteiger partial charge in [-0.1, -0.05) is 31.7 Å². The number of amides is 1. The van der Waals surface area contributed by atoms with Crippen molar-refractivity contribution in [3.63, 3.8) is 0 Å². The Morgan fingerprint density at radius 2 is 1.86 bits per heavy atom. The van der Waals surface area contributed by atoms with Crippen LogP contribution in [0.15, 0.2) is 29.3 Å². The van der Waals surface area contributed by atoms with Gasteiger partial charge in [-0.05, 0) is 57.3 Å². The van der Waals surface area contributed by atoms with Gasteiger partial charge in [0.2, 0.25) is 0 Å². The number of aromatic nitrogens is 2. The normalized spacial score (nSPS) is 20.2. The van der Waals surface area contributed by atoms with Crippen molar-refractivity contribution in [2.75, 3.05) is 19.6 Å². The Labute approximate surface area is 166 Å². The van der Waals surface area contributed by atoms with Crippen molar-refractivity contribution in [1.82, 2.24) is 19.6 Å². The number of aryl methyl sites for hydroxylation is 1. The first-order valence-corrected chi connectivity index (χ1v) is 10.6. The number of hydrogen-bond acceptors (Lipinski definition) is 4. The van der Waals surface area contributed by atoms with Crippen LogP contribution in [0.4, 0.5) is 0 Å². The van der Waals surface area contributed by atoms with Crippen LogP contribution < -0.4 is 10.9 Å². The third-order valence-electron chi connectivity index (χ3n) is 6.56. The molecule has 6 nitrogen and oxygen atoms in total. The first-order chi connectivity index (χ1) is 13.6. The van der Waals surface area contributed by atoms with Crippen LogP contribution in [0.25, 0.3) is 5.65 Å². The molecule has 0 spiro atoms. The molecule has 3 heterocycles. The van der Waals surface area contributed by atoms with E-state index in [1.165, 1.54) is 49.1 Å². The van der Waals surface area contributed by atoms with E-state index in [0.29, 0.717) is 12.2 Å². The molecular formula is C22H30N4O2. The predicted octanol–water partition coefficient (Wildman–Crippen LogP) is 2.92. The molecule has 0 radical (unpaired) electrons. The van der Waals surface area contributed by atoms with Crippen LogP contribution in [0.3, 0.4) is 0 Å². The second kappa shape index (κ2) is 8.03. The SMILES string of the molecule is Cc1cccn2c(=O)c(C(=O)NCC3(N4CCCCC4)CCCCC3)cnc12. The highest BCUT2D eigenvalue weighted by molar-refractivity contribution is 5.93. The molecule has 0 aromatic carbocycles. The molecule has 1 amide bonds. The lowest BCUT2D eigenvalue weighted by molar-refractivity contribution is 0.0326. The largest absolute Gasteiger partial charge is 0.350 e. The monoisotopic (exact) mass is 382 g/mol.